The standard InChI is InChI=1S/C14H28N2O/c1-3-5-8-12(11-15)16-13(17)14(4-2)9-6-7-10-14/h12H,3-11,15H2,1-2H3,(H,16,17). The number of carbonyl (C=O) groups is 1. The maximum Gasteiger partial charge on any atom is 0.226 e. The van der Waals surface area contributed by atoms with E-state index in [-0.39, 0.29) is 17.4 Å². The molecular weight excluding hydrogens is 212 g/mol. The molecule has 3 N–H and O–H groups in total. The van der Waals surface area contributed by atoms with Gasteiger partial charge in [0, 0.05) is 18.0 Å². The third kappa shape index (κ3) is 3.70. The summed E-state index contributed by atoms with van der Waals surface area (Å²) in [6, 6.07) is 0.173. The molecule has 1 aliphatic carbocycles. The molecule has 1 saturated carbocycles. The third-order valence-corrected chi connectivity index (χ3v) is 4.24. The molecule has 0 radical (unpaired) electrons. The molecule has 0 aromatic rings. The van der Waals surface area contributed by atoms with Crippen molar-refractivity contribution in [1.29, 1.82) is 0 Å². The predicted octanol–water partition coefficient (Wildman–Crippen LogP) is 2.59. The second kappa shape index (κ2) is 7.00. The highest BCUT2D eigenvalue weighted by Crippen LogP contribution is 2.41. The second-order valence-corrected chi connectivity index (χ2v) is 5.39. The average molecular weight is 240 g/mol. The molecule has 1 aliphatic rings. The van der Waals surface area contributed by atoms with Gasteiger partial charge in [0.05, 0.1) is 0 Å². The van der Waals surface area contributed by atoms with Crippen LogP contribution in [-0.2, 0) is 4.79 Å². The highest BCUT2D eigenvalue weighted by atomic mass is 16.2. The van der Waals surface area contributed by atoms with E-state index >= 15 is 0 Å². The topological polar surface area (TPSA) is 55.1 Å². The van der Waals surface area contributed by atoms with Crippen LogP contribution in [0.15, 0.2) is 0 Å². The second-order valence-electron chi connectivity index (χ2n) is 5.39. The van der Waals surface area contributed by atoms with Gasteiger partial charge in [0.1, 0.15) is 0 Å². The number of hydrogen-bond acceptors (Lipinski definition) is 2. The molecule has 1 atom stereocenters. The largest absolute Gasteiger partial charge is 0.352 e. The van der Waals surface area contributed by atoms with Gasteiger partial charge in [-0.2, -0.15) is 0 Å². The molecule has 3 heteroatoms. The predicted molar refractivity (Wildman–Crippen MR) is 71.7 cm³/mol. The zero-order chi connectivity index (χ0) is 12.7. The van der Waals surface area contributed by atoms with Crippen LogP contribution < -0.4 is 11.1 Å². The molecule has 0 bridgehead atoms. The number of nitrogens with one attached hydrogen (secondary N) is 1. The number of amides is 1. The number of carbonyl (C=O) groups excluding carboxylic acids is 1. The minimum atomic E-state index is -0.0837. The molecule has 1 fully saturated rings. The normalized spacial score (nSPS) is 20.2. The first-order valence-electron chi connectivity index (χ1n) is 7.19. The van der Waals surface area contributed by atoms with Crippen LogP contribution in [0.4, 0.5) is 0 Å². The van der Waals surface area contributed by atoms with Crippen LogP contribution in [-0.4, -0.2) is 18.5 Å². The maximum atomic E-state index is 12.4. The van der Waals surface area contributed by atoms with E-state index in [1.54, 1.807) is 0 Å². The Morgan fingerprint density at radius 2 is 2.00 bits per heavy atom. The van der Waals surface area contributed by atoms with Crippen molar-refractivity contribution in [3.05, 3.63) is 0 Å². The SMILES string of the molecule is CCCCC(CN)NC(=O)C1(CC)CCCC1. The summed E-state index contributed by atoms with van der Waals surface area (Å²) in [6.45, 7) is 4.86. The summed E-state index contributed by atoms with van der Waals surface area (Å²) in [5, 5.41) is 3.17. The molecule has 3 nitrogen and oxygen atoms in total. The van der Waals surface area contributed by atoms with E-state index in [4.69, 9.17) is 5.73 Å². The fraction of sp³-hybridized carbons (Fsp3) is 0.929. The molecule has 0 aromatic carbocycles. The zero-order valence-corrected chi connectivity index (χ0v) is 11.4. The van der Waals surface area contributed by atoms with Crippen molar-refractivity contribution in [2.45, 2.75) is 71.3 Å². The van der Waals surface area contributed by atoms with Crippen LogP contribution in [0.1, 0.15) is 65.2 Å². The van der Waals surface area contributed by atoms with E-state index in [1.165, 1.54) is 12.8 Å². The highest BCUT2D eigenvalue weighted by Gasteiger charge is 2.39. The monoisotopic (exact) mass is 240 g/mol. The van der Waals surface area contributed by atoms with Crippen LogP contribution in [0.2, 0.25) is 0 Å². The molecule has 0 aromatic heterocycles. The highest BCUT2D eigenvalue weighted by molar-refractivity contribution is 5.83. The molecule has 0 saturated heterocycles. The number of hydrogen-bond donors (Lipinski definition) is 2. The minimum absolute atomic E-state index is 0.0837. The maximum absolute atomic E-state index is 12.4. The Morgan fingerprint density at radius 1 is 1.35 bits per heavy atom. The van der Waals surface area contributed by atoms with Crippen molar-refractivity contribution >= 4 is 5.91 Å². The summed E-state index contributed by atoms with van der Waals surface area (Å²) in [4.78, 5) is 12.4. The van der Waals surface area contributed by atoms with Crippen molar-refractivity contribution in [2.24, 2.45) is 11.1 Å². The van der Waals surface area contributed by atoms with Crippen molar-refractivity contribution in [2.75, 3.05) is 6.54 Å². The van der Waals surface area contributed by atoms with Gasteiger partial charge in [-0.3, -0.25) is 4.79 Å². The average Bonchev–Trinajstić information content (AvgIpc) is 2.84. The lowest BCUT2D eigenvalue weighted by Crippen LogP contribution is -2.47. The first-order valence-corrected chi connectivity index (χ1v) is 7.19. The van der Waals surface area contributed by atoms with Crippen LogP contribution in [0.5, 0.6) is 0 Å². The van der Waals surface area contributed by atoms with Crippen molar-refractivity contribution in [1.82, 2.24) is 5.32 Å². The van der Waals surface area contributed by atoms with Crippen LogP contribution in [0.3, 0.4) is 0 Å². The van der Waals surface area contributed by atoms with Gasteiger partial charge >= 0.3 is 0 Å². The number of unbranched alkanes of at least 4 members (excludes halogenated alkanes) is 1. The lowest BCUT2D eigenvalue weighted by molar-refractivity contribution is -0.131. The van der Waals surface area contributed by atoms with Gasteiger partial charge in [-0.15, -0.1) is 0 Å². The van der Waals surface area contributed by atoms with E-state index in [0.29, 0.717) is 6.54 Å². The Labute approximate surface area is 106 Å². The Hall–Kier alpha value is -0.570. The lowest BCUT2D eigenvalue weighted by Gasteiger charge is -2.29. The Morgan fingerprint density at radius 3 is 2.47 bits per heavy atom. The van der Waals surface area contributed by atoms with Crippen molar-refractivity contribution in [3.8, 4) is 0 Å². The van der Waals surface area contributed by atoms with Crippen molar-refractivity contribution in [3.63, 3.8) is 0 Å². The van der Waals surface area contributed by atoms with Gasteiger partial charge in [0.25, 0.3) is 0 Å². The third-order valence-electron chi connectivity index (χ3n) is 4.24. The summed E-state index contributed by atoms with van der Waals surface area (Å²) >= 11 is 0. The van der Waals surface area contributed by atoms with E-state index in [1.807, 2.05) is 0 Å². The van der Waals surface area contributed by atoms with E-state index < -0.39 is 0 Å². The smallest absolute Gasteiger partial charge is 0.226 e. The Kier molecular flexibility index (Phi) is 5.96. The van der Waals surface area contributed by atoms with E-state index in [0.717, 1.165) is 38.5 Å². The first-order chi connectivity index (χ1) is 8.18. The Balaban J connectivity index is 2.50. The fourth-order valence-electron chi connectivity index (χ4n) is 2.83. The zero-order valence-electron chi connectivity index (χ0n) is 11.4. The summed E-state index contributed by atoms with van der Waals surface area (Å²) < 4.78 is 0. The molecule has 0 aliphatic heterocycles. The van der Waals surface area contributed by atoms with Gasteiger partial charge in [-0.25, -0.2) is 0 Å². The molecule has 100 valence electrons. The first kappa shape index (κ1) is 14.5. The number of nitrogens with two attached hydrogens (primary N) is 1. The molecule has 1 unspecified atom stereocenters. The van der Waals surface area contributed by atoms with Gasteiger partial charge in [0.2, 0.25) is 5.91 Å². The van der Waals surface area contributed by atoms with Crippen molar-refractivity contribution < 1.29 is 4.79 Å². The summed E-state index contributed by atoms with van der Waals surface area (Å²) in [6.07, 6.45) is 8.78. The quantitative estimate of drug-likeness (QED) is 0.718. The lowest BCUT2D eigenvalue weighted by atomic mass is 9.82. The van der Waals surface area contributed by atoms with Crippen LogP contribution >= 0.6 is 0 Å². The van der Waals surface area contributed by atoms with Gasteiger partial charge < -0.3 is 11.1 Å². The minimum Gasteiger partial charge on any atom is -0.352 e. The molecule has 17 heavy (non-hydrogen) atoms. The summed E-state index contributed by atoms with van der Waals surface area (Å²) in [5.41, 5.74) is 5.65. The Bertz CT molecular complexity index is 234. The summed E-state index contributed by atoms with van der Waals surface area (Å²) in [5.74, 6) is 0.254. The van der Waals surface area contributed by atoms with Gasteiger partial charge in [0.15, 0.2) is 0 Å². The van der Waals surface area contributed by atoms with Crippen LogP contribution in [0.25, 0.3) is 0 Å². The number of rotatable bonds is 7. The molecule has 0 heterocycles. The molecule has 0 spiro atoms. The van der Waals surface area contributed by atoms with Gasteiger partial charge in [-0.05, 0) is 25.7 Å². The van der Waals surface area contributed by atoms with Gasteiger partial charge in [-0.1, -0.05) is 39.5 Å². The van der Waals surface area contributed by atoms with Crippen LogP contribution in [0, 0.1) is 5.41 Å². The molecule has 1 rings (SSSR count). The fourth-order valence-corrected chi connectivity index (χ4v) is 2.83. The molecular formula is C14H28N2O. The van der Waals surface area contributed by atoms with E-state index in [9.17, 15) is 4.79 Å². The van der Waals surface area contributed by atoms with E-state index in [2.05, 4.69) is 19.2 Å². The molecule has 1 amide bonds. The summed E-state index contributed by atoms with van der Waals surface area (Å²) in [7, 11) is 0.